The van der Waals surface area contributed by atoms with Crippen LogP contribution in [0, 0.1) is 5.92 Å². The van der Waals surface area contributed by atoms with E-state index in [4.69, 9.17) is 5.11 Å². The van der Waals surface area contributed by atoms with Crippen LogP contribution in [0.5, 0.6) is 0 Å². The highest BCUT2D eigenvalue weighted by molar-refractivity contribution is 6.43. The maximum Gasteiger partial charge on any atom is 0.354 e. The van der Waals surface area contributed by atoms with Crippen LogP contribution in [-0.4, -0.2) is 23.3 Å². The van der Waals surface area contributed by atoms with Crippen molar-refractivity contribution in [1.82, 2.24) is 0 Å². The molecule has 3 nitrogen and oxygen atoms in total. The summed E-state index contributed by atoms with van der Waals surface area (Å²) in [5.74, 6) is -0.330. The molecule has 1 aliphatic carbocycles. The minimum absolute atomic E-state index is 0.321. The molecule has 3 heteroatoms. The van der Waals surface area contributed by atoms with Gasteiger partial charge in [0.25, 0.3) is 0 Å². The molecular formula is C10H13NO2. The normalized spacial score (nSPS) is 27.2. The van der Waals surface area contributed by atoms with E-state index < -0.39 is 5.97 Å². The van der Waals surface area contributed by atoms with Crippen molar-refractivity contribution in [3.63, 3.8) is 0 Å². The summed E-state index contributed by atoms with van der Waals surface area (Å²) in [5.41, 5.74) is 2.61. The molecule has 1 atom stereocenters. The Morgan fingerprint density at radius 3 is 3.08 bits per heavy atom. The second kappa shape index (κ2) is 2.98. The van der Waals surface area contributed by atoms with E-state index in [-0.39, 0.29) is 0 Å². The Morgan fingerprint density at radius 1 is 1.62 bits per heavy atom. The fraction of sp³-hybridized carbons (Fsp3) is 0.600. The molecule has 0 aromatic rings. The van der Waals surface area contributed by atoms with E-state index >= 15 is 0 Å². The molecule has 0 aromatic carbocycles. The second-order valence-corrected chi connectivity index (χ2v) is 3.77. The Morgan fingerprint density at radius 2 is 2.38 bits per heavy atom. The van der Waals surface area contributed by atoms with Gasteiger partial charge in [-0.15, -0.1) is 0 Å². The fourth-order valence-corrected chi connectivity index (χ4v) is 2.20. The van der Waals surface area contributed by atoms with Crippen LogP contribution in [0.3, 0.4) is 0 Å². The summed E-state index contributed by atoms with van der Waals surface area (Å²) in [4.78, 5) is 14.9. The maximum atomic E-state index is 10.8. The van der Waals surface area contributed by atoms with Crippen LogP contribution in [0.2, 0.25) is 0 Å². The molecule has 0 amide bonds. The highest BCUT2D eigenvalue weighted by Crippen LogP contribution is 2.34. The van der Waals surface area contributed by atoms with Crippen molar-refractivity contribution in [3.8, 4) is 0 Å². The zero-order valence-corrected chi connectivity index (χ0v) is 7.71. The first-order valence-electron chi connectivity index (χ1n) is 4.70. The number of hydrogen-bond donors (Lipinski definition) is 1. The van der Waals surface area contributed by atoms with E-state index in [0.29, 0.717) is 18.2 Å². The fourth-order valence-electron chi connectivity index (χ4n) is 2.20. The van der Waals surface area contributed by atoms with Crippen LogP contribution in [-0.2, 0) is 4.79 Å². The molecule has 1 unspecified atom stereocenters. The van der Waals surface area contributed by atoms with E-state index in [0.717, 1.165) is 18.4 Å². The average molecular weight is 179 g/mol. The predicted molar refractivity (Wildman–Crippen MR) is 50.0 cm³/mol. The molecule has 0 saturated carbocycles. The van der Waals surface area contributed by atoms with E-state index in [1.54, 1.807) is 0 Å². The van der Waals surface area contributed by atoms with E-state index in [2.05, 4.69) is 11.9 Å². The van der Waals surface area contributed by atoms with Crippen LogP contribution in [0.1, 0.15) is 26.2 Å². The lowest BCUT2D eigenvalue weighted by molar-refractivity contribution is -0.129. The molecule has 0 spiro atoms. The van der Waals surface area contributed by atoms with Crippen molar-refractivity contribution in [1.29, 1.82) is 0 Å². The van der Waals surface area contributed by atoms with E-state index in [1.807, 2.05) is 0 Å². The van der Waals surface area contributed by atoms with Gasteiger partial charge in [0.1, 0.15) is 5.71 Å². The molecule has 0 saturated heterocycles. The molecule has 13 heavy (non-hydrogen) atoms. The minimum Gasteiger partial charge on any atom is -0.477 e. The van der Waals surface area contributed by atoms with Gasteiger partial charge in [0, 0.05) is 0 Å². The highest BCUT2D eigenvalue weighted by Gasteiger charge is 2.29. The number of rotatable bonds is 1. The molecule has 0 aromatic heterocycles. The monoisotopic (exact) mass is 179 g/mol. The first kappa shape index (κ1) is 8.48. The van der Waals surface area contributed by atoms with Crippen LogP contribution in [0.4, 0.5) is 0 Å². The lowest BCUT2D eigenvalue weighted by atomic mass is 9.83. The first-order chi connectivity index (χ1) is 6.20. The largest absolute Gasteiger partial charge is 0.477 e. The van der Waals surface area contributed by atoms with Gasteiger partial charge in [0.2, 0.25) is 0 Å². The molecule has 0 radical (unpaired) electrons. The minimum atomic E-state index is -0.862. The number of aliphatic carboxylic acids is 1. The number of hydrogen-bond acceptors (Lipinski definition) is 2. The van der Waals surface area contributed by atoms with Crippen LogP contribution >= 0.6 is 0 Å². The van der Waals surface area contributed by atoms with Gasteiger partial charge in [-0.1, -0.05) is 6.92 Å². The number of carboxylic acid groups (broad SMARTS) is 1. The SMILES string of the molecule is CC1CCCC2=C1CN=C2C(=O)O. The Bertz CT molecular complexity index is 315. The van der Waals surface area contributed by atoms with Gasteiger partial charge in [-0.2, -0.15) is 0 Å². The number of carboxylic acids is 1. The van der Waals surface area contributed by atoms with Crippen LogP contribution < -0.4 is 0 Å². The van der Waals surface area contributed by atoms with Crippen LogP contribution in [0.25, 0.3) is 0 Å². The lowest BCUT2D eigenvalue weighted by Crippen LogP contribution is -2.17. The summed E-state index contributed by atoms with van der Waals surface area (Å²) in [6, 6.07) is 0. The molecule has 2 aliphatic rings. The van der Waals surface area contributed by atoms with Crippen molar-refractivity contribution in [2.75, 3.05) is 6.54 Å². The van der Waals surface area contributed by atoms with Gasteiger partial charge in [-0.05, 0) is 36.3 Å². The summed E-state index contributed by atoms with van der Waals surface area (Å²) in [6.07, 6.45) is 3.19. The summed E-state index contributed by atoms with van der Waals surface area (Å²) in [6.45, 7) is 2.78. The topological polar surface area (TPSA) is 49.7 Å². The average Bonchev–Trinajstić information content (AvgIpc) is 2.48. The quantitative estimate of drug-likeness (QED) is 0.665. The number of nitrogens with zero attached hydrogens (tertiary/aromatic N) is 1. The summed E-state index contributed by atoms with van der Waals surface area (Å²) in [7, 11) is 0. The summed E-state index contributed by atoms with van der Waals surface area (Å²) >= 11 is 0. The molecule has 1 N–H and O–H groups in total. The van der Waals surface area contributed by atoms with Crippen molar-refractivity contribution < 1.29 is 9.90 Å². The molecule has 1 heterocycles. The van der Waals surface area contributed by atoms with E-state index in [1.165, 1.54) is 12.0 Å². The third kappa shape index (κ3) is 1.28. The van der Waals surface area contributed by atoms with Crippen LogP contribution in [0.15, 0.2) is 16.1 Å². The smallest absolute Gasteiger partial charge is 0.354 e. The van der Waals surface area contributed by atoms with Crippen molar-refractivity contribution >= 4 is 11.7 Å². The Labute approximate surface area is 77.2 Å². The Kier molecular flexibility index (Phi) is 1.94. The first-order valence-corrected chi connectivity index (χ1v) is 4.70. The van der Waals surface area contributed by atoms with Crippen molar-refractivity contribution in [3.05, 3.63) is 11.1 Å². The third-order valence-corrected chi connectivity index (χ3v) is 2.94. The Hall–Kier alpha value is -1.12. The van der Waals surface area contributed by atoms with Crippen molar-refractivity contribution in [2.45, 2.75) is 26.2 Å². The summed E-state index contributed by atoms with van der Waals surface area (Å²) < 4.78 is 0. The summed E-state index contributed by atoms with van der Waals surface area (Å²) in [5, 5.41) is 8.87. The van der Waals surface area contributed by atoms with Gasteiger partial charge in [0.15, 0.2) is 0 Å². The molecule has 0 fully saturated rings. The molecule has 1 aliphatic heterocycles. The standard InChI is InChI=1S/C10H13NO2/c1-6-3-2-4-7-8(6)5-11-9(7)10(12)13/h6H,2-5H2,1H3,(H,12,13). The van der Waals surface area contributed by atoms with Gasteiger partial charge in [-0.3, -0.25) is 4.99 Å². The zero-order chi connectivity index (χ0) is 9.42. The highest BCUT2D eigenvalue weighted by atomic mass is 16.4. The van der Waals surface area contributed by atoms with Crippen molar-refractivity contribution in [2.24, 2.45) is 10.9 Å². The number of carbonyl (C=O) groups is 1. The molecular weight excluding hydrogens is 166 g/mol. The lowest BCUT2D eigenvalue weighted by Gasteiger charge is -2.20. The predicted octanol–water partition coefficient (Wildman–Crippen LogP) is 1.64. The van der Waals surface area contributed by atoms with E-state index in [9.17, 15) is 4.79 Å². The molecule has 0 bridgehead atoms. The number of aliphatic imine (C=N–C) groups is 1. The second-order valence-electron chi connectivity index (χ2n) is 3.77. The van der Waals surface area contributed by atoms with Gasteiger partial charge in [0.05, 0.1) is 6.54 Å². The van der Waals surface area contributed by atoms with Gasteiger partial charge < -0.3 is 5.11 Å². The van der Waals surface area contributed by atoms with Gasteiger partial charge >= 0.3 is 5.97 Å². The molecule has 2 rings (SSSR count). The maximum absolute atomic E-state index is 10.8. The Balaban J connectivity index is 2.33. The molecule has 70 valence electrons. The third-order valence-electron chi connectivity index (χ3n) is 2.94. The zero-order valence-electron chi connectivity index (χ0n) is 7.71. The van der Waals surface area contributed by atoms with Gasteiger partial charge in [-0.25, -0.2) is 4.79 Å².